The fraction of sp³-hybridized carbons (Fsp3) is 0.909. The van der Waals surface area contributed by atoms with Gasteiger partial charge in [-0.25, -0.2) is 0 Å². The predicted molar refractivity (Wildman–Crippen MR) is 61.2 cm³/mol. The van der Waals surface area contributed by atoms with E-state index in [9.17, 15) is 4.79 Å². The molecule has 1 saturated heterocycles. The van der Waals surface area contributed by atoms with Gasteiger partial charge in [-0.1, -0.05) is 6.92 Å². The van der Waals surface area contributed by atoms with E-state index < -0.39 is 5.54 Å². The van der Waals surface area contributed by atoms with Gasteiger partial charge in [0.2, 0.25) is 5.91 Å². The van der Waals surface area contributed by atoms with Gasteiger partial charge in [0, 0.05) is 13.1 Å². The summed E-state index contributed by atoms with van der Waals surface area (Å²) in [6.45, 7) is 7.27. The summed E-state index contributed by atoms with van der Waals surface area (Å²) in [5.74, 6) is -0.175. The molecule has 94 valence electrons. The molecule has 5 nitrogen and oxygen atoms in total. The summed E-state index contributed by atoms with van der Waals surface area (Å²) in [5.41, 5.74) is -0.752. The lowest BCUT2D eigenvalue weighted by Crippen LogP contribution is -2.60. The summed E-state index contributed by atoms with van der Waals surface area (Å²) < 4.78 is 5.51. The maximum atomic E-state index is 11.6. The summed E-state index contributed by atoms with van der Waals surface area (Å²) in [6.07, 6.45) is 0.689. The number of hydrogen-bond acceptors (Lipinski definition) is 4. The number of rotatable bonds is 6. The standard InChI is InChI=1S/C11H22N2O3/c1-4-10(2,8-14)13-9(15)5-16-11(3)6-12-7-11/h12,14H,4-8H2,1-3H3,(H,13,15). The zero-order valence-electron chi connectivity index (χ0n) is 10.3. The Balaban J connectivity index is 2.30. The molecule has 16 heavy (non-hydrogen) atoms. The summed E-state index contributed by atoms with van der Waals surface area (Å²) in [5, 5.41) is 15.0. The van der Waals surface area contributed by atoms with Gasteiger partial charge in [-0.3, -0.25) is 4.79 Å². The normalized spacial score (nSPS) is 22.0. The van der Waals surface area contributed by atoms with Gasteiger partial charge in [-0.15, -0.1) is 0 Å². The summed E-state index contributed by atoms with van der Waals surface area (Å²) in [4.78, 5) is 11.6. The quantitative estimate of drug-likeness (QED) is 0.583. The Morgan fingerprint density at radius 1 is 1.62 bits per heavy atom. The number of carbonyl (C=O) groups excluding carboxylic acids is 1. The first-order chi connectivity index (χ1) is 7.43. The molecule has 0 spiro atoms. The molecule has 1 atom stereocenters. The number of amides is 1. The Morgan fingerprint density at radius 3 is 2.62 bits per heavy atom. The Bertz CT molecular complexity index is 248. The van der Waals surface area contributed by atoms with Crippen LogP contribution >= 0.6 is 0 Å². The van der Waals surface area contributed by atoms with Crippen LogP contribution in [0.5, 0.6) is 0 Å². The third kappa shape index (κ3) is 3.43. The van der Waals surface area contributed by atoms with Crippen molar-refractivity contribution in [1.82, 2.24) is 10.6 Å². The van der Waals surface area contributed by atoms with E-state index in [0.29, 0.717) is 6.42 Å². The highest BCUT2D eigenvalue weighted by Gasteiger charge is 2.33. The number of aliphatic hydroxyl groups excluding tert-OH is 1. The Hall–Kier alpha value is -0.650. The summed E-state index contributed by atoms with van der Waals surface area (Å²) >= 11 is 0. The average Bonchev–Trinajstić information content (AvgIpc) is 2.23. The Kier molecular flexibility index (Phi) is 4.29. The lowest BCUT2D eigenvalue weighted by Gasteiger charge is -2.39. The average molecular weight is 230 g/mol. The molecule has 5 heteroatoms. The molecule has 0 aromatic rings. The van der Waals surface area contributed by atoms with Gasteiger partial charge < -0.3 is 20.5 Å². The first-order valence-electron chi connectivity index (χ1n) is 5.70. The third-order valence-electron chi connectivity index (χ3n) is 3.12. The summed E-state index contributed by atoms with van der Waals surface area (Å²) in [6, 6.07) is 0. The van der Waals surface area contributed by atoms with Gasteiger partial charge in [0.25, 0.3) is 0 Å². The van der Waals surface area contributed by atoms with Crippen molar-refractivity contribution in [2.45, 2.75) is 38.3 Å². The third-order valence-corrected chi connectivity index (χ3v) is 3.12. The van der Waals surface area contributed by atoms with E-state index in [1.165, 1.54) is 0 Å². The van der Waals surface area contributed by atoms with Crippen molar-refractivity contribution in [1.29, 1.82) is 0 Å². The number of carbonyl (C=O) groups is 1. The molecule has 1 rings (SSSR count). The minimum Gasteiger partial charge on any atom is -0.394 e. The molecule has 1 heterocycles. The molecule has 1 aliphatic rings. The first-order valence-corrected chi connectivity index (χ1v) is 5.70. The number of aliphatic hydroxyl groups is 1. The van der Waals surface area contributed by atoms with E-state index in [1.54, 1.807) is 0 Å². The lowest BCUT2D eigenvalue weighted by atomic mass is 9.99. The highest BCUT2D eigenvalue weighted by Crippen LogP contribution is 2.15. The van der Waals surface area contributed by atoms with Crippen LogP contribution in [0.4, 0.5) is 0 Å². The van der Waals surface area contributed by atoms with Crippen LogP contribution in [-0.4, -0.2) is 48.5 Å². The number of hydrogen-bond donors (Lipinski definition) is 3. The van der Waals surface area contributed by atoms with Crippen molar-refractivity contribution in [3.05, 3.63) is 0 Å². The van der Waals surface area contributed by atoms with E-state index >= 15 is 0 Å². The van der Waals surface area contributed by atoms with Gasteiger partial charge in [0.05, 0.1) is 17.7 Å². The first kappa shape index (κ1) is 13.4. The van der Waals surface area contributed by atoms with Gasteiger partial charge >= 0.3 is 0 Å². The van der Waals surface area contributed by atoms with Gasteiger partial charge in [0.15, 0.2) is 0 Å². The summed E-state index contributed by atoms with van der Waals surface area (Å²) in [7, 11) is 0. The van der Waals surface area contributed by atoms with E-state index in [0.717, 1.165) is 13.1 Å². The van der Waals surface area contributed by atoms with Crippen LogP contribution in [0.15, 0.2) is 0 Å². The lowest BCUT2D eigenvalue weighted by molar-refractivity contribution is -0.138. The van der Waals surface area contributed by atoms with Crippen molar-refractivity contribution in [2.24, 2.45) is 0 Å². The number of nitrogens with one attached hydrogen (secondary N) is 2. The van der Waals surface area contributed by atoms with Crippen LogP contribution in [0.3, 0.4) is 0 Å². The molecule has 0 saturated carbocycles. The minimum atomic E-state index is -0.542. The van der Waals surface area contributed by atoms with Crippen LogP contribution < -0.4 is 10.6 Å². The second-order valence-electron chi connectivity index (χ2n) is 4.96. The fourth-order valence-corrected chi connectivity index (χ4v) is 1.43. The monoisotopic (exact) mass is 230 g/mol. The van der Waals surface area contributed by atoms with Crippen molar-refractivity contribution in [2.75, 3.05) is 26.3 Å². The molecule has 3 N–H and O–H groups in total. The molecular formula is C11H22N2O3. The van der Waals surface area contributed by atoms with E-state index in [-0.39, 0.29) is 24.7 Å². The van der Waals surface area contributed by atoms with Gasteiger partial charge in [-0.2, -0.15) is 0 Å². The largest absolute Gasteiger partial charge is 0.394 e. The predicted octanol–water partition coefficient (Wildman–Crippen LogP) is -0.358. The van der Waals surface area contributed by atoms with Crippen molar-refractivity contribution in [3.63, 3.8) is 0 Å². The molecule has 0 aromatic carbocycles. The zero-order chi connectivity index (χ0) is 12.2. The van der Waals surface area contributed by atoms with Crippen LogP contribution in [0.25, 0.3) is 0 Å². The molecule has 1 fully saturated rings. The Morgan fingerprint density at radius 2 is 2.25 bits per heavy atom. The molecule has 0 bridgehead atoms. The highest BCUT2D eigenvalue weighted by atomic mass is 16.5. The Labute approximate surface area is 96.6 Å². The van der Waals surface area contributed by atoms with Crippen LogP contribution in [0, 0.1) is 0 Å². The molecular weight excluding hydrogens is 208 g/mol. The number of ether oxygens (including phenoxy) is 1. The van der Waals surface area contributed by atoms with Gasteiger partial charge in [0.1, 0.15) is 6.61 Å². The highest BCUT2D eigenvalue weighted by molar-refractivity contribution is 5.78. The fourth-order valence-electron chi connectivity index (χ4n) is 1.43. The minimum absolute atomic E-state index is 0.0494. The molecule has 0 aromatic heterocycles. The van der Waals surface area contributed by atoms with Crippen LogP contribution in [0.2, 0.25) is 0 Å². The molecule has 1 unspecified atom stereocenters. The second kappa shape index (κ2) is 5.12. The van der Waals surface area contributed by atoms with Crippen molar-refractivity contribution < 1.29 is 14.6 Å². The molecule has 1 amide bonds. The maximum absolute atomic E-state index is 11.6. The molecule has 1 aliphatic heterocycles. The van der Waals surface area contributed by atoms with Gasteiger partial charge in [-0.05, 0) is 20.3 Å². The topological polar surface area (TPSA) is 70.6 Å². The smallest absolute Gasteiger partial charge is 0.246 e. The zero-order valence-corrected chi connectivity index (χ0v) is 10.3. The van der Waals surface area contributed by atoms with Crippen LogP contribution in [-0.2, 0) is 9.53 Å². The molecule has 0 radical (unpaired) electrons. The van der Waals surface area contributed by atoms with E-state index in [2.05, 4.69) is 10.6 Å². The maximum Gasteiger partial charge on any atom is 0.246 e. The van der Waals surface area contributed by atoms with Crippen molar-refractivity contribution >= 4 is 5.91 Å². The van der Waals surface area contributed by atoms with E-state index in [4.69, 9.17) is 9.84 Å². The molecule has 0 aliphatic carbocycles. The van der Waals surface area contributed by atoms with Crippen LogP contribution in [0.1, 0.15) is 27.2 Å². The second-order valence-corrected chi connectivity index (χ2v) is 4.96. The SMILES string of the molecule is CCC(C)(CO)NC(=O)COC1(C)CNC1. The van der Waals surface area contributed by atoms with E-state index in [1.807, 2.05) is 20.8 Å². The van der Waals surface area contributed by atoms with Crippen molar-refractivity contribution in [3.8, 4) is 0 Å².